The fourth-order valence-electron chi connectivity index (χ4n) is 1.33. The van der Waals surface area contributed by atoms with Crippen LogP contribution in [-0.4, -0.2) is 0 Å². The summed E-state index contributed by atoms with van der Waals surface area (Å²) < 4.78 is 39.0. The first-order valence-electron chi connectivity index (χ1n) is 4.30. The second-order valence-electron chi connectivity index (χ2n) is 3.03. The van der Waals surface area contributed by atoms with Crippen molar-refractivity contribution in [3.63, 3.8) is 0 Å². The molecule has 0 aromatic heterocycles. The molecule has 0 N–H and O–H groups in total. The molecule has 0 amide bonds. The molecule has 0 unspecified atom stereocenters. The van der Waals surface area contributed by atoms with E-state index < -0.39 is 17.5 Å². The molecule has 0 aliphatic carbocycles. The smallest absolute Gasteiger partial charge is 0.166 e. The van der Waals surface area contributed by atoms with Crippen molar-refractivity contribution in [3.8, 4) is 11.1 Å². The van der Waals surface area contributed by atoms with Crippen LogP contribution in [0.5, 0.6) is 0 Å². The van der Waals surface area contributed by atoms with Crippen molar-refractivity contribution < 1.29 is 13.2 Å². The van der Waals surface area contributed by atoms with Crippen molar-refractivity contribution in [2.24, 2.45) is 0 Å². The zero-order valence-electron chi connectivity index (χ0n) is 7.60. The third-order valence-electron chi connectivity index (χ3n) is 2.03. The summed E-state index contributed by atoms with van der Waals surface area (Å²) >= 11 is 0. The fraction of sp³-hybridized carbons (Fsp3) is 0. The fourth-order valence-corrected chi connectivity index (χ4v) is 1.33. The Hall–Kier alpha value is -1.77. The third kappa shape index (κ3) is 1.86. The average Bonchev–Trinajstić information content (AvgIpc) is 2.22. The number of hydrogen-bond donors (Lipinski definition) is 0. The molecule has 2 rings (SSSR count). The molecule has 0 nitrogen and oxygen atoms in total. The molecule has 0 bridgehead atoms. The largest absolute Gasteiger partial charge is 0.206 e. The van der Waals surface area contributed by atoms with Crippen LogP contribution in [0.2, 0.25) is 0 Å². The molecule has 1 radical (unpaired) electrons. The van der Waals surface area contributed by atoms with Gasteiger partial charge in [-0.05, 0) is 17.7 Å². The summed E-state index contributed by atoms with van der Waals surface area (Å²) in [6.45, 7) is 0. The van der Waals surface area contributed by atoms with Crippen LogP contribution < -0.4 is 0 Å². The van der Waals surface area contributed by atoms with Crippen molar-refractivity contribution in [2.75, 3.05) is 0 Å². The lowest BCUT2D eigenvalue weighted by Crippen LogP contribution is -1.89. The van der Waals surface area contributed by atoms with Gasteiger partial charge in [0.05, 0.1) is 0 Å². The first-order valence-corrected chi connectivity index (χ1v) is 4.30. The monoisotopic (exact) mass is 207 g/mol. The van der Waals surface area contributed by atoms with Gasteiger partial charge in [0.15, 0.2) is 11.6 Å². The first kappa shape index (κ1) is 9.77. The normalized spacial score (nSPS) is 10.3. The van der Waals surface area contributed by atoms with Crippen LogP contribution in [0.3, 0.4) is 0 Å². The molecule has 0 aliphatic rings. The van der Waals surface area contributed by atoms with E-state index in [1.807, 2.05) is 0 Å². The van der Waals surface area contributed by atoms with Crippen LogP contribution in [0.15, 0.2) is 36.4 Å². The van der Waals surface area contributed by atoms with Crippen LogP contribution in [-0.2, 0) is 0 Å². The van der Waals surface area contributed by atoms with E-state index in [2.05, 4.69) is 6.07 Å². The molecule has 0 saturated carbocycles. The summed E-state index contributed by atoms with van der Waals surface area (Å²) in [7, 11) is 0. The van der Waals surface area contributed by atoms with E-state index in [1.165, 1.54) is 24.3 Å². The molecule has 0 saturated heterocycles. The molecule has 0 aliphatic heterocycles. The zero-order valence-corrected chi connectivity index (χ0v) is 7.60. The van der Waals surface area contributed by atoms with E-state index in [0.29, 0.717) is 5.56 Å². The van der Waals surface area contributed by atoms with Gasteiger partial charge in [-0.15, -0.1) is 0 Å². The highest BCUT2D eigenvalue weighted by atomic mass is 19.2. The third-order valence-corrected chi connectivity index (χ3v) is 2.03. The molecular weight excluding hydrogens is 201 g/mol. The SMILES string of the molecule is Fc1[c]ccc(-c2cccc(F)c2F)c1. The molecule has 75 valence electrons. The Labute approximate surface area is 85.0 Å². The Morgan fingerprint density at radius 2 is 1.80 bits per heavy atom. The van der Waals surface area contributed by atoms with Gasteiger partial charge in [-0.2, -0.15) is 0 Å². The highest BCUT2D eigenvalue weighted by Crippen LogP contribution is 2.24. The minimum Gasteiger partial charge on any atom is -0.206 e. The van der Waals surface area contributed by atoms with Gasteiger partial charge >= 0.3 is 0 Å². The van der Waals surface area contributed by atoms with Gasteiger partial charge in [-0.25, -0.2) is 13.2 Å². The maximum Gasteiger partial charge on any atom is 0.166 e. The summed E-state index contributed by atoms with van der Waals surface area (Å²) in [4.78, 5) is 0. The van der Waals surface area contributed by atoms with Crippen LogP contribution in [0, 0.1) is 23.5 Å². The predicted molar refractivity (Wildman–Crippen MR) is 50.6 cm³/mol. The van der Waals surface area contributed by atoms with Crippen molar-refractivity contribution in [3.05, 3.63) is 59.9 Å². The van der Waals surface area contributed by atoms with E-state index in [0.717, 1.165) is 12.1 Å². The number of halogens is 3. The Balaban J connectivity index is 2.59. The van der Waals surface area contributed by atoms with Crippen molar-refractivity contribution >= 4 is 0 Å². The molecular formula is C12H6F3. The Kier molecular flexibility index (Phi) is 2.46. The van der Waals surface area contributed by atoms with Gasteiger partial charge in [-0.3, -0.25) is 0 Å². The van der Waals surface area contributed by atoms with Gasteiger partial charge in [0, 0.05) is 11.6 Å². The van der Waals surface area contributed by atoms with Crippen molar-refractivity contribution in [2.45, 2.75) is 0 Å². The number of hydrogen-bond acceptors (Lipinski definition) is 0. The highest BCUT2D eigenvalue weighted by Gasteiger charge is 2.09. The van der Waals surface area contributed by atoms with Gasteiger partial charge in [0.2, 0.25) is 0 Å². The Bertz CT molecular complexity index is 492. The summed E-state index contributed by atoms with van der Waals surface area (Å²) in [6.07, 6.45) is 0. The maximum absolute atomic E-state index is 13.3. The second-order valence-corrected chi connectivity index (χ2v) is 3.03. The molecule has 0 atom stereocenters. The van der Waals surface area contributed by atoms with Crippen LogP contribution in [0.25, 0.3) is 11.1 Å². The second kappa shape index (κ2) is 3.77. The zero-order chi connectivity index (χ0) is 10.8. The Morgan fingerprint density at radius 1 is 1.00 bits per heavy atom. The van der Waals surface area contributed by atoms with Gasteiger partial charge in [0.1, 0.15) is 5.82 Å². The molecule has 15 heavy (non-hydrogen) atoms. The van der Waals surface area contributed by atoms with Crippen LogP contribution in [0.4, 0.5) is 13.2 Å². The van der Waals surface area contributed by atoms with Crippen LogP contribution >= 0.6 is 0 Å². The minimum atomic E-state index is -0.969. The predicted octanol–water partition coefficient (Wildman–Crippen LogP) is 3.57. The summed E-state index contributed by atoms with van der Waals surface area (Å²) in [5.41, 5.74) is 0.339. The lowest BCUT2D eigenvalue weighted by Gasteiger charge is -2.03. The minimum absolute atomic E-state index is 0.0444. The lowest BCUT2D eigenvalue weighted by atomic mass is 10.1. The molecule has 0 fully saturated rings. The maximum atomic E-state index is 13.3. The van der Waals surface area contributed by atoms with Crippen molar-refractivity contribution in [1.82, 2.24) is 0 Å². The summed E-state index contributed by atoms with van der Waals surface area (Å²) in [5, 5.41) is 0. The molecule has 0 heterocycles. The molecule has 0 spiro atoms. The summed E-state index contributed by atoms with van der Waals surface area (Å²) in [5.74, 6) is -2.51. The summed E-state index contributed by atoms with van der Waals surface area (Å²) in [6, 6.07) is 9.99. The van der Waals surface area contributed by atoms with E-state index in [1.54, 1.807) is 0 Å². The van der Waals surface area contributed by atoms with Crippen LogP contribution in [0.1, 0.15) is 0 Å². The molecule has 3 heteroatoms. The highest BCUT2D eigenvalue weighted by molar-refractivity contribution is 5.63. The van der Waals surface area contributed by atoms with E-state index in [9.17, 15) is 13.2 Å². The molecule has 2 aromatic carbocycles. The van der Waals surface area contributed by atoms with E-state index in [-0.39, 0.29) is 5.56 Å². The van der Waals surface area contributed by atoms with Gasteiger partial charge in [-0.1, -0.05) is 24.3 Å². The topological polar surface area (TPSA) is 0 Å². The van der Waals surface area contributed by atoms with Gasteiger partial charge in [0.25, 0.3) is 0 Å². The van der Waals surface area contributed by atoms with E-state index in [4.69, 9.17) is 0 Å². The van der Waals surface area contributed by atoms with Crippen molar-refractivity contribution in [1.29, 1.82) is 0 Å². The molecule has 2 aromatic rings. The first-order chi connectivity index (χ1) is 7.18. The van der Waals surface area contributed by atoms with E-state index >= 15 is 0 Å². The number of benzene rings is 2. The number of rotatable bonds is 1. The average molecular weight is 207 g/mol. The standard InChI is InChI=1S/C12H6F3/c13-9-4-1-3-8(7-9)10-5-2-6-11(14)12(10)15/h1-3,5-7H. The quantitative estimate of drug-likeness (QED) is 0.670. The lowest BCUT2D eigenvalue weighted by molar-refractivity contribution is 0.511. The van der Waals surface area contributed by atoms with Gasteiger partial charge < -0.3 is 0 Å². The Morgan fingerprint density at radius 3 is 2.53 bits per heavy atom.